The van der Waals surface area contributed by atoms with Crippen molar-refractivity contribution in [3.8, 4) is 5.75 Å². The summed E-state index contributed by atoms with van der Waals surface area (Å²) in [6, 6.07) is 14.1. The summed E-state index contributed by atoms with van der Waals surface area (Å²) in [5, 5.41) is 0.715. The Bertz CT molecular complexity index is 991. The van der Waals surface area contributed by atoms with Crippen molar-refractivity contribution in [1.29, 1.82) is 0 Å². The van der Waals surface area contributed by atoms with E-state index in [0.29, 0.717) is 22.3 Å². The Morgan fingerprint density at radius 2 is 1.88 bits per heavy atom. The number of rotatable bonds is 5. The molecule has 1 aromatic heterocycles. The van der Waals surface area contributed by atoms with Gasteiger partial charge in [-0.15, -0.1) is 0 Å². The second-order valence-corrected chi connectivity index (χ2v) is 6.83. The van der Waals surface area contributed by atoms with Gasteiger partial charge in [0.2, 0.25) is 0 Å². The van der Waals surface area contributed by atoms with Crippen molar-refractivity contribution in [3.63, 3.8) is 0 Å². The molecular formula is C20H17BrO5. The summed E-state index contributed by atoms with van der Waals surface area (Å²) in [5.74, 6) is 0.0831. The lowest BCUT2D eigenvalue weighted by Gasteiger charge is -2.14. The van der Waals surface area contributed by atoms with Crippen LogP contribution in [0.4, 0.5) is 0 Å². The van der Waals surface area contributed by atoms with Gasteiger partial charge in [0.15, 0.2) is 6.10 Å². The highest BCUT2D eigenvalue weighted by Gasteiger charge is 2.17. The van der Waals surface area contributed by atoms with Crippen LogP contribution in [0.2, 0.25) is 0 Å². The third kappa shape index (κ3) is 4.32. The molecule has 5 nitrogen and oxygen atoms in total. The molecule has 26 heavy (non-hydrogen) atoms. The number of carbonyl (C=O) groups excluding carboxylic acids is 1. The first kappa shape index (κ1) is 18.2. The monoisotopic (exact) mass is 416 g/mol. The van der Waals surface area contributed by atoms with Crippen LogP contribution < -0.4 is 10.4 Å². The molecule has 0 aliphatic rings. The number of aryl methyl sites for hydroxylation is 1. The van der Waals surface area contributed by atoms with E-state index in [1.54, 1.807) is 31.2 Å². The summed E-state index contributed by atoms with van der Waals surface area (Å²) in [5.41, 5.74) is 1.63. The maximum absolute atomic E-state index is 12.2. The molecule has 0 amide bonds. The van der Waals surface area contributed by atoms with E-state index in [-0.39, 0.29) is 6.61 Å². The molecule has 1 atom stereocenters. The van der Waals surface area contributed by atoms with E-state index in [9.17, 15) is 9.59 Å². The van der Waals surface area contributed by atoms with Gasteiger partial charge < -0.3 is 13.9 Å². The van der Waals surface area contributed by atoms with Crippen LogP contribution in [0.3, 0.4) is 0 Å². The van der Waals surface area contributed by atoms with Crippen molar-refractivity contribution in [2.75, 3.05) is 0 Å². The number of ether oxygens (including phenoxy) is 2. The van der Waals surface area contributed by atoms with Crippen LogP contribution in [0, 0.1) is 6.92 Å². The molecule has 0 radical (unpaired) electrons. The summed E-state index contributed by atoms with van der Waals surface area (Å²) in [7, 11) is 0. The van der Waals surface area contributed by atoms with E-state index in [4.69, 9.17) is 13.9 Å². The Kier molecular flexibility index (Phi) is 5.42. The molecule has 2 aromatic carbocycles. The lowest BCUT2D eigenvalue weighted by molar-refractivity contribution is -0.152. The zero-order valence-corrected chi connectivity index (χ0v) is 15.9. The first-order chi connectivity index (χ1) is 12.4. The molecule has 1 unspecified atom stereocenters. The van der Waals surface area contributed by atoms with Gasteiger partial charge >= 0.3 is 11.6 Å². The third-order valence-electron chi connectivity index (χ3n) is 3.83. The smallest absolute Gasteiger partial charge is 0.347 e. The molecule has 0 aliphatic carbocycles. The fraction of sp³-hybridized carbons (Fsp3) is 0.200. The standard InChI is InChI=1S/C20H17BrO5/c1-12-3-6-16(7-4-12)25-13(2)20(23)24-11-14-9-19(22)26-18-10-15(21)5-8-17(14)18/h3-10,13H,11H2,1-2H3. The maximum atomic E-state index is 12.2. The second-order valence-electron chi connectivity index (χ2n) is 5.91. The summed E-state index contributed by atoms with van der Waals surface area (Å²) in [4.78, 5) is 23.9. The van der Waals surface area contributed by atoms with Crippen LogP contribution in [-0.4, -0.2) is 12.1 Å². The van der Waals surface area contributed by atoms with Crippen LogP contribution in [0.5, 0.6) is 5.75 Å². The predicted molar refractivity (Wildman–Crippen MR) is 101 cm³/mol. The first-order valence-corrected chi connectivity index (χ1v) is 8.84. The van der Waals surface area contributed by atoms with Crippen molar-refractivity contribution < 1.29 is 18.7 Å². The number of fused-ring (bicyclic) bond motifs is 1. The average molecular weight is 417 g/mol. The van der Waals surface area contributed by atoms with Gasteiger partial charge in [-0.25, -0.2) is 9.59 Å². The van der Waals surface area contributed by atoms with Crippen LogP contribution in [-0.2, 0) is 16.1 Å². The van der Waals surface area contributed by atoms with Crippen LogP contribution in [0.1, 0.15) is 18.1 Å². The molecule has 0 spiro atoms. The Balaban J connectivity index is 1.70. The van der Waals surface area contributed by atoms with E-state index in [1.807, 2.05) is 25.1 Å². The van der Waals surface area contributed by atoms with Crippen molar-refractivity contribution in [3.05, 3.63) is 74.6 Å². The summed E-state index contributed by atoms with van der Waals surface area (Å²) < 4.78 is 16.9. The van der Waals surface area contributed by atoms with Crippen molar-refractivity contribution in [2.45, 2.75) is 26.6 Å². The van der Waals surface area contributed by atoms with Gasteiger partial charge in [-0.2, -0.15) is 0 Å². The number of carbonyl (C=O) groups is 1. The lowest BCUT2D eigenvalue weighted by atomic mass is 10.1. The van der Waals surface area contributed by atoms with E-state index < -0.39 is 17.7 Å². The highest BCUT2D eigenvalue weighted by Crippen LogP contribution is 2.22. The SMILES string of the molecule is Cc1ccc(OC(C)C(=O)OCc2cc(=O)oc3cc(Br)ccc23)cc1. The van der Waals surface area contributed by atoms with Gasteiger partial charge in [0.05, 0.1) is 0 Å². The van der Waals surface area contributed by atoms with Crippen molar-refractivity contribution >= 4 is 32.9 Å². The van der Waals surface area contributed by atoms with Crippen LogP contribution >= 0.6 is 15.9 Å². The Morgan fingerprint density at radius 1 is 1.15 bits per heavy atom. The molecular weight excluding hydrogens is 400 g/mol. The van der Waals surface area contributed by atoms with E-state index >= 15 is 0 Å². The lowest BCUT2D eigenvalue weighted by Crippen LogP contribution is -2.26. The third-order valence-corrected chi connectivity index (χ3v) is 4.32. The van der Waals surface area contributed by atoms with Gasteiger partial charge in [0.25, 0.3) is 0 Å². The number of halogens is 1. The molecule has 0 N–H and O–H groups in total. The van der Waals surface area contributed by atoms with Gasteiger partial charge in [0.1, 0.15) is 17.9 Å². The van der Waals surface area contributed by atoms with E-state index in [2.05, 4.69) is 15.9 Å². The molecule has 0 saturated carbocycles. The zero-order valence-electron chi connectivity index (χ0n) is 14.3. The zero-order chi connectivity index (χ0) is 18.7. The summed E-state index contributed by atoms with van der Waals surface area (Å²) >= 11 is 3.33. The highest BCUT2D eigenvalue weighted by atomic mass is 79.9. The van der Waals surface area contributed by atoms with Crippen molar-refractivity contribution in [1.82, 2.24) is 0 Å². The Labute approximate surface area is 158 Å². The van der Waals surface area contributed by atoms with Gasteiger partial charge in [-0.3, -0.25) is 0 Å². The highest BCUT2D eigenvalue weighted by molar-refractivity contribution is 9.10. The minimum atomic E-state index is -0.766. The van der Waals surface area contributed by atoms with Crippen LogP contribution in [0.25, 0.3) is 11.0 Å². The number of benzene rings is 2. The molecule has 0 aliphatic heterocycles. The predicted octanol–water partition coefficient (Wildman–Crippen LogP) is 4.37. The molecule has 0 saturated heterocycles. The summed E-state index contributed by atoms with van der Waals surface area (Å²) in [6.07, 6.45) is -0.766. The first-order valence-electron chi connectivity index (χ1n) is 8.04. The Morgan fingerprint density at radius 3 is 2.62 bits per heavy atom. The van der Waals surface area contributed by atoms with Crippen molar-refractivity contribution in [2.24, 2.45) is 0 Å². The maximum Gasteiger partial charge on any atom is 0.347 e. The molecule has 1 heterocycles. The fourth-order valence-electron chi connectivity index (χ4n) is 2.46. The van der Waals surface area contributed by atoms with Gasteiger partial charge in [-0.05, 0) is 44.2 Å². The minimum Gasteiger partial charge on any atom is -0.479 e. The summed E-state index contributed by atoms with van der Waals surface area (Å²) in [6.45, 7) is 3.56. The normalized spacial score (nSPS) is 12.0. The number of hydrogen-bond acceptors (Lipinski definition) is 5. The molecule has 0 fully saturated rings. The number of hydrogen-bond donors (Lipinski definition) is 0. The topological polar surface area (TPSA) is 65.7 Å². The quantitative estimate of drug-likeness (QED) is 0.456. The number of esters is 1. The second kappa shape index (κ2) is 7.74. The molecule has 3 rings (SSSR count). The van der Waals surface area contributed by atoms with Gasteiger partial charge in [0, 0.05) is 21.5 Å². The molecule has 6 heteroatoms. The Hall–Kier alpha value is -2.60. The molecule has 3 aromatic rings. The van der Waals surface area contributed by atoms with Crippen LogP contribution in [0.15, 0.2) is 62.2 Å². The van der Waals surface area contributed by atoms with E-state index in [1.165, 1.54) is 6.07 Å². The van der Waals surface area contributed by atoms with E-state index in [0.717, 1.165) is 10.0 Å². The molecule has 134 valence electrons. The molecule has 0 bridgehead atoms. The largest absolute Gasteiger partial charge is 0.479 e. The average Bonchev–Trinajstić information content (AvgIpc) is 2.60. The van der Waals surface area contributed by atoms with Gasteiger partial charge in [-0.1, -0.05) is 33.6 Å². The fourth-order valence-corrected chi connectivity index (χ4v) is 2.80. The minimum absolute atomic E-state index is 0.0375.